The number of carbonyl (C=O) groups excluding carboxylic acids is 1. The molecule has 0 aliphatic rings. The second kappa shape index (κ2) is 7.85. The van der Waals surface area contributed by atoms with Crippen molar-refractivity contribution >= 4 is 50.9 Å². The summed E-state index contributed by atoms with van der Waals surface area (Å²) in [5.41, 5.74) is 9.21. The molecule has 0 radical (unpaired) electrons. The number of para-hydroxylation sites is 1. The number of amides is 1. The second-order valence-corrected chi connectivity index (χ2v) is 6.81. The Kier molecular flexibility index (Phi) is 5.11. The average molecular weight is 482 g/mol. The summed E-state index contributed by atoms with van der Waals surface area (Å²) in [5.74, 6) is 0.602. The van der Waals surface area contributed by atoms with E-state index in [9.17, 15) is 4.79 Å². The number of hydrogen-bond donors (Lipinski definition) is 2. The largest absolute Gasteiger partial charge is 0.366 e. The van der Waals surface area contributed by atoms with Crippen molar-refractivity contribution in [3.05, 3.63) is 72.1 Å². The zero-order valence-corrected chi connectivity index (χ0v) is 16.8. The summed E-state index contributed by atoms with van der Waals surface area (Å²) < 4.78 is 0.872. The molecule has 7 nitrogen and oxygen atoms in total. The van der Waals surface area contributed by atoms with Crippen molar-refractivity contribution in [2.45, 2.75) is 4.43 Å². The average Bonchev–Trinajstić information content (AvgIpc) is 2.74. The first-order chi connectivity index (χ1) is 13.7. The second-order valence-electron chi connectivity index (χ2n) is 6.05. The molecule has 1 amide bonds. The standard InChI is InChI=1S/C20H15IN6O/c21-10-12-5-6-15-17(9-12)26-19(13-7-8-23-24-11-13)27-20(15)25-16-4-2-1-3-14(16)18(22)28/h1-9,11H,10H2,(H2,22,28)(H,25,26,27). The third-order valence-corrected chi connectivity index (χ3v) is 5.08. The normalized spacial score (nSPS) is 10.8. The molecule has 0 spiro atoms. The van der Waals surface area contributed by atoms with Crippen molar-refractivity contribution in [2.75, 3.05) is 5.32 Å². The van der Waals surface area contributed by atoms with Gasteiger partial charge in [-0.15, -0.1) is 0 Å². The number of alkyl halides is 1. The van der Waals surface area contributed by atoms with Gasteiger partial charge in [0.25, 0.3) is 5.91 Å². The number of anilines is 2. The smallest absolute Gasteiger partial charge is 0.250 e. The summed E-state index contributed by atoms with van der Waals surface area (Å²) in [4.78, 5) is 21.2. The van der Waals surface area contributed by atoms with Crippen molar-refractivity contribution in [1.29, 1.82) is 0 Å². The first-order valence-corrected chi connectivity index (χ1v) is 9.98. The maximum Gasteiger partial charge on any atom is 0.250 e. The molecule has 0 aliphatic carbocycles. The monoisotopic (exact) mass is 482 g/mol. The number of hydrogen-bond acceptors (Lipinski definition) is 6. The molecule has 0 unspecified atom stereocenters. The fraction of sp³-hybridized carbons (Fsp3) is 0.0500. The van der Waals surface area contributed by atoms with Crippen molar-refractivity contribution < 1.29 is 4.79 Å². The molecule has 0 saturated carbocycles. The third-order valence-electron chi connectivity index (χ3n) is 4.20. The molecule has 8 heteroatoms. The quantitative estimate of drug-likeness (QED) is 0.331. The Morgan fingerprint density at radius 1 is 1.07 bits per heavy atom. The topological polar surface area (TPSA) is 107 Å². The lowest BCUT2D eigenvalue weighted by Gasteiger charge is -2.13. The van der Waals surface area contributed by atoms with Crippen molar-refractivity contribution in [1.82, 2.24) is 20.2 Å². The lowest BCUT2D eigenvalue weighted by Crippen LogP contribution is -2.13. The summed E-state index contributed by atoms with van der Waals surface area (Å²) >= 11 is 2.32. The van der Waals surface area contributed by atoms with E-state index >= 15 is 0 Å². The highest BCUT2D eigenvalue weighted by molar-refractivity contribution is 14.1. The molecule has 4 rings (SSSR count). The van der Waals surface area contributed by atoms with E-state index in [0.29, 0.717) is 22.9 Å². The Morgan fingerprint density at radius 3 is 2.68 bits per heavy atom. The molecule has 0 atom stereocenters. The van der Waals surface area contributed by atoms with Crippen molar-refractivity contribution in [2.24, 2.45) is 5.73 Å². The molecule has 0 fully saturated rings. The minimum Gasteiger partial charge on any atom is -0.366 e. The van der Waals surface area contributed by atoms with Gasteiger partial charge in [0.15, 0.2) is 5.82 Å². The van der Waals surface area contributed by atoms with Gasteiger partial charge in [-0.05, 0) is 35.9 Å². The van der Waals surface area contributed by atoms with E-state index in [-0.39, 0.29) is 0 Å². The molecule has 2 heterocycles. The SMILES string of the molecule is NC(=O)c1ccccc1Nc1nc(-c2ccnnc2)nc2cc(CI)ccc12. The Balaban J connectivity index is 1.90. The van der Waals surface area contributed by atoms with E-state index in [1.54, 1.807) is 36.7 Å². The van der Waals surface area contributed by atoms with Gasteiger partial charge in [0, 0.05) is 15.4 Å². The molecule has 3 N–H and O–H groups in total. The first kappa shape index (κ1) is 18.2. The number of rotatable bonds is 5. The fourth-order valence-corrected chi connectivity index (χ4v) is 3.31. The van der Waals surface area contributed by atoms with Crippen LogP contribution in [0.4, 0.5) is 11.5 Å². The number of nitrogens with one attached hydrogen (secondary N) is 1. The van der Waals surface area contributed by atoms with Crippen LogP contribution in [0.1, 0.15) is 15.9 Å². The molecule has 2 aromatic heterocycles. The predicted octanol–water partition coefficient (Wildman–Crippen LogP) is 3.86. The molecule has 0 bridgehead atoms. The Bertz CT molecular complexity index is 1170. The zero-order chi connectivity index (χ0) is 19.5. The van der Waals surface area contributed by atoms with Gasteiger partial charge in [-0.3, -0.25) is 4.79 Å². The van der Waals surface area contributed by atoms with Gasteiger partial charge < -0.3 is 11.1 Å². The predicted molar refractivity (Wildman–Crippen MR) is 117 cm³/mol. The van der Waals surface area contributed by atoms with Crippen LogP contribution in [0.2, 0.25) is 0 Å². The number of nitrogens with two attached hydrogens (primary N) is 1. The summed E-state index contributed by atoms with van der Waals surface area (Å²) in [6.45, 7) is 0. The molecule has 2 aromatic carbocycles. The number of aromatic nitrogens is 4. The maximum atomic E-state index is 11.8. The Labute approximate surface area is 174 Å². The zero-order valence-electron chi connectivity index (χ0n) is 14.6. The van der Waals surface area contributed by atoms with Crippen LogP contribution < -0.4 is 11.1 Å². The summed E-state index contributed by atoms with van der Waals surface area (Å²) in [5, 5.41) is 11.8. The van der Waals surface area contributed by atoms with Crippen LogP contribution in [0.3, 0.4) is 0 Å². The molecule has 28 heavy (non-hydrogen) atoms. The summed E-state index contributed by atoms with van der Waals surface area (Å²) in [6, 6.07) is 14.9. The van der Waals surface area contributed by atoms with Crippen LogP contribution >= 0.6 is 22.6 Å². The molecule has 4 aromatic rings. The molecule has 0 aliphatic heterocycles. The van der Waals surface area contributed by atoms with Gasteiger partial charge in [0.2, 0.25) is 0 Å². The number of fused-ring (bicyclic) bond motifs is 1. The van der Waals surface area contributed by atoms with Crippen LogP contribution in [0.25, 0.3) is 22.3 Å². The number of primary amides is 1. The highest BCUT2D eigenvalue weighted by Gasteiger charge is 2.13. The van der Waals surface area contributed by atoms with Gasteiger partial charge in [-0.25, -0.2) is 9.97 Å². The van der Waals surface area contributed by atoms with Gasteiger partial charge in [-0.1, -0.05) is 40.8 Å². The van der Waals surface area contributed by atoms with Crippen LogP contribution in [0, 0.1) is 0 Å². The highest BCUT2D eigenvalue weighted by atomic mass is 127. The van der Waals surface area contributed by atoms with E-state index in [1.807, 2.05) is 24.3 Å². The van der Waals surface area contributed by atoms with Gasteiger partial charge in [-0.2, -0.15) is 10.2 Å². The minimum atomic E-state index is -0.507. The first-order valence-electron chi connectivity index (χ1n) is 8.45. The summed E-state index contributed by atoms with van der Waals surface area (Å²) in [7, 11) is 0. The van der Waals surface area contributed by atoms with E-state index in [1.165, 1.54) is 0 Å². The number of carbonyl (C=O) groups is 1. The van der Waals surface area contributed by atoms with Crippen LogP contribution in [0.5, 0.6) is 0 Å². The van der Waals surface area contributed by atoms with Crippen molar-refractivity contribution in [3.63, 3.8) is 0 Å². The fourth-order valence-electron chi connectivity index (χ4n) is 2.84. The molecular weight excluding hydrogens is 467 g/mol. The van der Waals surface area contributed by atoms with E-state index in [4.69, 9.17) is 10.7 Å². The van der Waals surface area contributed by atoms with E-state index in [0.717, 1.165) is 26.5 Å². The van der Waals surface area contributed by atoms with Crippen LogP contribution in [0.15, 0.2) is 60.9 Å². The third kappa shape index (κ3) is 3.63. The number of halogens is 1. The Hall–Kier alpha value is -3.14. The van der Waals surface area contributed by atoms with Crippen molar-refractivity contribution in [3.8, 4) is 11.4 Å². The van der Waals surface area contributed by atoms with Gasteiger partial charge in [0.1, 0.15) is 5.82 Å². The number of nitrogens with zero attached hydrogens (tertiary/aromatic N) is 4. The molecular formula is C20H15IN6O. The highest BCUT2D eigenvalue weighted by Crippen LogP contribution is 2.29. The van der Waals surface area contributed by atoms with E-state index in [2.05, 4.69) is 43.1 Å². The van der Waals surface area contributed by atoms with Gasteiger partial charge in [0.05, 0.1) is 29.2 Å². The van der Waals surface area contributed by atoms with Crippen LogP contribution in [-0.2, 0) is 4.43 Å². The van der Waals surface area contributed by atoms with Gasteiger partial charge >= 0.3 is 0 Å². The molecule has 138 valence electrons. The minimum absolute atomic E-state index is 0.394. The van der Waals surface area contributed by atoms with Crippen LogP contribution in [-0.4, -0.2) is 26.1 Å². The maximum absolute atomic E-state index is 11.8. The summed E-state index contributed by atoms with van der Waals surface area (Å²) in [6.07, 6.45) is 3.21. The van der Waals surface area contributed by atoms with E-state index < -0.39 is 5.91 Å². The number of benzene rings is 2. The lowest BCUT2D eigenvalue weighted by atomic mass is 10.1. The molecule has 0 saturated heterocycles. The lowest BCUT2D eigenvalue weighted by molar-refractivity contribution is 0.100. The Morgan fingerprint density at radius 2 is 1.93 bits per heavy atom.